The molecule has 4 heteroatoms. The molecule has 16 heavy (non-hydrogen) atoms. The van der Waals surface area contributed by atoms with Gasteiger partial charge in [0.15, 0.2) is 5.78 Å². The molecule has 0 fully saturated rings. The highest BCUT2D eigenvalue weighted by molar-refractivity contribution is 6.06. The second-order valence-corrected chi connectivity index (χ2v) is 3.26. The summed E-state index contributed by atoms with van der Waals surface area (Å²) in [5.74, 6) is -0.314. The van der Waals surface area contributed by atoms with Crippen LogP contribution in [0.3, 0.4) is 0 Å². The van der Waals surface area contributed by atoms with Crippen molar-refractivity contribution < 1.29 is 4.79 Å². The van der Waals surface area contributed by atoms with Crippen molar-refractivity contribution in [2.75, 3.05) is 0 Å². The van der Waals surface area contributed by atoms with Gasteiger partial charge in [-0.05, 0) is 11.6 Å². The monoisotopic (exact) mass is 214 g/mol. The minimum Gasteiger partial charge on any atom is -0.305 e. The average Bonchev–Trinajstić information content (AvgIpc) is 2.74. The maximum Gasteiger partial charge on any atom is 0.275 e. The molecule has 1 heterocycles. The molecule has 0 bridgehead atoms. The van der Waals surface area contributed by atoms with Gasteiger partial charge in [0.05, 0.1) is 0 Å². The van der Waals surface area contributed by atoms with Crippen LogP contribution in [0.1, 0.15) is 15.9 Å². The van der Waals surface area contributed by atoms with E-state index >= 15 is 0 Å². The third-order valence-electron chi connectivity index (χ3n) is 2.14. The van der Waals surface area contributed by atoms with Crippen molar-refractivity contribution in [3.63, 3.8) is 0 Å². The molecule has 0 saturated heterocycles. The SMILES string of the molecule is O=C(C=Cc1ccccc1)c1c[nH][nH]c1=O. The Labute approximate surface area is 91.6 Å². The summed E-state index contributed by atoms with van der Waals surface area (Å²) in [5, 5.41) is 4.80. The molecule has 0 amide bonds. The zero-order valence-electron chi connectivity index (χ0n) is 8.44. The molecule has 0 atom stereocenters. The lowest BCUT2D eigenvalue weighted by Crippen LogP contribution is -2.09. The second-order valence-electron chi connectivity index (χ2n) is 3.26. The first-order chi connectivity index (χ1) is 7.77. The smallest absolute Gasteiger partial charge is 0.275 e. The number of allylic oxidation sites excluding steroid dienone is 1. The van der Waals surface area contributed by atoms with E-state index in [4.69, 9.17) is 0 Å². The predicted octanol–water partition coefficient (Wildman–Crippen LogP) is 1.60. The quantitative estimate of drug-likeness (QED) is 0.602. The Morgan fingerprint density at radius 1 is 1.19 bits per heavy atom. The number of aromatic amines is 2. The third-order valence-corrected chi connectivity index (χ3v) is 2.14. The Morgan fingerprint density at radius 2 is 1.94 bits per heavy atom. The lowest BCUT2D eigenvalue weighted by molar-refractivity contribution is 0.104. The van der Waals surface area contributed by atoms with Gasteiger partial charge in [-0.1, -0.05) is 36.4 Å². The summed E-state index contributed by atoms with van der Waals surface area (Å²) in [5.41, 5.74) is 0.637. The number of ketones is 1. The van der Waals surface area contributed by atoms with Crippen molar-refractivity contribution >= 4 is 11.9 Å². The average molecular weight is 214 g/mol. The molecule has 0 saturated carbocycles. The molecule has 2 N–H and O–H groups in total. The van der Waals surface area contributed by atoms with E-state index in [-0.39, 0.29) is 11.3 Å². The molecule has 1 aromatic carbocycles. The van der Waals surface area contributed by atoms with Crippen LogP contribution in [0.2, 0.25) is 0 Å². The molecule has 2 aromatic rings. The van der Waals surface area contributed by atoms with Crippen LogP contribution in [0.15, 0.2) is 47.4 Å². The van der Waals surface area contributed by atoms with Crippen molar-refractivity contribution in [1.82, 2.24) is 10.2 Å². The number of carbonyl (C=O) groups excluding carboxylic acids is 1. The number of H-pyrrole nitrogens is 2. The molecule has 2 rings (SSSR count). The maximum atomic E-state index is 11.6. The maximum absolute atomic E-state index is 11.6. The van der Waals surface area contributed by atoms with Crippen molar-refractivity contribution in [1.29, 1.82) is 0 Å². The van der Waals surface area contributed by atoms with E-state index in [1.807, 2.05) is 30.3 Å². The molecule has 0 aliphatic carbocycles. The fraction of sp³-hybridized carbons (Fsp3) is 0. The van der Waals surface area contributed by atoms with E-state index in [2.05, 4.69) is 10.2 Å². The minimum absolute atomic E-state index is 0.118. The van der Waals surface area contributed by atoms with Crippen LogP contribution in [-0.4, -0.2) is 16.0 Å². The van der Waals surface area contributed by atoms with Gasteiger partial charge in [0, 0.05) is 6.20 Å². The summed E-state index contributed by atoms with van der Waals surface area (Å²) in [7, 11) is 0. The zero-order chi connectivity index (χ0) is 11.4. The van der Waals surface area contributed by atoms with E-state index in [0.717, 1.165) is 5.56 Å². The highest BCUT2D eigenvalue weighted by Gasteiger charge is 2.06. The Bertz CT molecular complexity index is 564. The molecular formula is C12H10N2O2. The summed E-state index contributed by atoms with van der Waals surface area (Å²) in [6.07, 6.45) is 4.42. The highest BCUT2D eigenvalue weighted by atomic mass is 16.1. The summed E-state index contributed by atoms with van der Waals surface area (Å²) in [6.45, 7) is 0. The second kappa shape index (κ2) is 4.44. The molecule has 80 valence electrons. The van der Waals surface area contributed by atoms with Gasteiger partial charge in [-0.15, -0.1) is 0 Å². The van der Waals surface area contributed by atoms with Gasteiger partial charge in [0.2, 0.25) is 0 Å². The summed E-state index contributed by atoms with van der Waals surface area (Å²) in [4.78, 5) is 22.7. The number of hydrogen-bond acceptors (Lipinski definition) is 2. The number of aromatic nitrogens is 2. The molecule has 0 aliphatic rings. The van der Waals surface area contributed by atoms with E-state index < -0.39 is 5.56 Å². The van der Waals surface area contributed by atoms with Gasteiger partial charge in [0.1, 0.15) is 5.56 Å². The fourth-order valence-corrected chi connectivity index (χ4v) is 1.32. The normalized spacial score (nSPS) is 10.8. The standard InChI is InChI=1S/C12H10N2O2/c15-11(10-8-13-14-12(10)16)7-6-9-4-2-1-3-5-9/h1-8H,(H2,13,14,16). The third kappa shape index (κ3) is 2.17. The van der Waals surface area contributed by atoms with E-state index in [0.29, 0.717) is 0 Å². The Hall–Kier alpha value is -2.36. The summed E-state index contributed by atoms with van der Waals surface area (Å²) >= 11 is 0. The highest BCUT2D eigenvalue weighted by Crippen LogP contribution is 2.02. The molecule has 1 aromatic heterocycles. The van der Waals surface area contributed by atoms with Crippen LogP contribution < -0.4 is 5.56 Å². The van der Waals surface area contributed by atoms with Crippen molar-refractivity contribution in [3.05, 3.63) is 64.1 Å². The summed E-state index contributed by atoms with van der Waals surface area (Å²) < 4.78 is 0. The van der Waals surface area contributed by atoms with Crippen LogP contribution in [-0.2, 0) is 0 Å². The fourth-order valence-electron chi connectivity index (χ4n) is 1.32. The molecule has 0 aliphatic heterocycles. The first kappa shape index (κ1) is 10.2. The van der Waals surface area contributed by atoms with Gasteiger partial charge in [0.25, 0.3) is 5.56 Å². The molecule has 0 spiro atoms. The van der Waals surface area contributed by atoms with Gasteiger partial charge < -0.3 is 5.10 Å². The van der Waals surface area contributed by atoms with Crippen LogP contribution in [0.5, 0.6) is 0 Å². The van der Waals surface area contributed by atoms with Crippen LogP contribution in [0.4, 0.5) is 0 Å². The number of nitrogens with one attached hydrogen (secondary N) is 2. The van der Waals surface area contributed by atoms with Crippen LogP contribution in [0.25, 0.3) is 6.08 Å². The number of benzene rings is 1. The van der Waals surface area contributed by atoms with E-state index in [9.17, 15) is 9.59 Å². The predicted molar refractivity (Wildman–Crippen MR) is 61.2 cm³/mol. The number of rotatable bonds is 3. The van der Waals surface area contributed by atoms with Crippen molar-refractivity contribution in [3.8, 4) is 0 Å². The first-order valence-corrected chi connectivity index (χ1v) is 4.81. The number of carbonyl (C=O) groups is 1. The van der Waals surface area contributed by atoms with Gasteiger partial charge in [-0.2, -0.15) is 0 Å². The number of hydrogen-bond donors (Lipinski definition) is 2. The molecule has 4 nitrogen and oxygen atoms in total. The zero-order valence-corrected chi connectivity index (χ0v) is 8.44. The molecular weight excluding hydrogens is 204 g/mol. The van der Waals surface area contributed by atoms with Gasteiger partial charge in [-0.3, -0.25) is 14.7 Å². The molecule has 0 unspecified atom stereocenters. The Balaban J connectivity index is 2.18. The van der Waals surface area contributed by atoms with Crippen molar-refractivity contribution in [2.24, 2.45) is 0 Å². The van der Waals surface area contributed by atoms with E-state index in [1.165, 1.54) is 12.3 Å². The van der Waals surface area contributed by atoms with Crippen molar-refractivity contribution in [2.45, 2.75) is 0 Å². The van der Waals surface area contributed by atoms with E-state index in [1.54, 1.807) is 6.08 Å². The lowest BCUT2D eigenvalue weighted by Gasteiger charge is -1.90. The Morgan fingerprint density at radius 3 is 2.56 bits per heavy atom. The molecule has 0 radical (unpaired) electrons. The lowest BCUT2D eigenvalue weighted by atomic mass is 10.1. The van der Waals surface area contributed by atoms with Crippen LogP contribution >= 0.6 is 0 Å². The topological polar surface area (TPSA) is 65.7 Å². The van der Waals surface area contributed by atoms with Gasteiger partial charge in [-0.25, -0.2) is 0 Å². The summed E-state index contributed by atoms with van der Waals surface area (Å²) in [6, 6.07) is 9.42. The largest absolute Gasteiger partial charge is 0.305 e. The first-order valence-electron chi connectivity index (χ1n) is 4.81. The van der Waals surface area contributed by atoms with Gasteiger partial charge >= 0.3 is 0 Å². The van der Waals surface area contributed by atoms with Crippen LogP contribution in [0, 0.1) is 0 Å². The minimum atomic E-state index is -0.400. The Kier molecular flexibility index (Phi) is 2.82.